The minimum atomic E-state index is -0.193. The summed E-state index contributed by atoms with van der Waals surface area (Å²) in [7, 11) is 1.64. The van der Waals surface area contributed by atoms with E-state index in [0.717, 1.165) is 57.1 Å². The van der Waals surface area contributed by atoms with Crippen LogP contribution < -0.4 is 10.1 Å². The van der Waals surface area contributed by atoms with Crippen LogP contribution in [0, 0.1) is 11.2 Å². The average molecular weight is 321 g/mol. The van der Waals surface area contributed by atoms with E-state index < -0.39 is 0 Å². The molecule has 1 atom stereocenters. The highest BCUT2D eigenvalue weighted by Gasteiger charge is 2.31. The van der Waals surface area contributed by atoms with Crippen LogP contribution in [0.4, 0.5) is 4.39 Å². The van der Waals surface area contributed by atoms with Crippen LogP contribution in [-0.2, 0) is 6.54 Å². The molecule has 1 aromatic rings. The van der Waals surface area contributed by atoms with Gasteiger partial charge in [-0.2, -0.15) is 0 Å². The summed E-state index contributed by atoms with van der Waals surface area (Å²) in [5.74, 6) is 0.583. The number of hydrogen-bond donors (Lipinski definition) is 1. The maximum atomic E-state index is 13.5. The molecule has 1 N–H and O–H groups in total. The Labute approximate surface area is 138 Å². The fourth-order valence-corrected chi connectivity index (χ4v) is 3.76. The molecule has 2 saturated heterocycles. The Balaban J connectivity index is 1.52. The van der Waals surface area contributed by atoms with Crippen LogP contribution in [0.5, 0.6) is 5.75 Å². The first-order valence-electron chi connectivity index (χ1n) is 8.56. The molecule has 0 spiro atoms. The summed E-state index contributed by atoms with van der Waals surface area (Å²) < 4.78 is 18.8. The zero-order chi connectivity index (χ0) is 16.3. The van der Waals surface area contributed by atoms with E-state index in [0.29, 0.717) is 5.41 Å². The van der Waals surface area contributed by atoms with Gasteiger partial charge in [-0.1, -0.05) is 6.92 Å². The lowest BCUT2D eigenvalue weighted by Crippen LogP contribution is -2.49. The second kappa shape index (κ2) is 7.16. The Hall–Kier alpha value is -1.17. The summed E-state index contributed by atoms with van der Waals surface area (Å²) in [6.07, 6.45) is 1.27. The molecular weight excluding hydrogens is 293 g/mol. The van der Waals surface area contributed by atoms with Gasteiger partial charge in [0.25, 0.3) is 0 Å². The molecule has 1 unspecified atom stereocenters. The lowest BCUT2D eigenvalue weighted by atomic mass is 9.89. The van der Waals surface area contributed by atoms with Crippen molar-refractivity contribution >= 4 is 0 Å². The van der Waals surface area contributed by atoms with Crippen molar-refractivity contribution in [2.45, 2.75) is 19.9 Å². The van der Waals surface area contributed by atoms with Crippen molar-refractivity contribution in [3.63, 3.8) is 0 Å². The highest BCUT2D eigenvalue weighted by atomic mass is 19.1. The predicted molar refractivity (Wildman–Crippen MR) is 90.3 cm³/mol. The Kier molecular flexibility index (Phi) is 5.19. The van der Waals surface area contributed by atoms with Gasteiger partial charge in [0.05, 0.1) is 7.11 Å². The van der Waals surface area contributed by atoms with Gasteiger partial charge in [0, 0.05) is 51.4 Å². The van der Waals surface area contributed by atoms with Gasteiger partial charge in [-0.15, -0.1) is 0 Å². The second-order valence-electron chi connectivity index (χ2n) is 7.25. The topological polar surface area (TPSA) is 27.7 Å². The standard InChI is InChI=1S/C18H28FN3O/c1-18(5-6-20-13-18)14-22-9-7-21(8-10-22)12-15-11-16(19)3-4-17(15)23-2/h3-4,11,20H,5-10,12-14H2,1-2H3. The van der Waals surface area contributed by atoms with Crippen molar-refractivity contribution in [1.29, 1.82) is 0 Å². The van der Waals surface area contributed by atoms with Crippen molar-refractivity contribution in [3.05, 3.63) is 29.6 Å². The summed E-state index contributed by atoms with van der Waals surface area (Å²) in [4.78, 5) is 4.97. The number of ether oxygens (including phenoxy) is 1. The lowest BCUT2D eigenvalue weighted by Gasteiger charge is -2.38. The molecule has 23 heavy (non-hydrogen) atoms. The van der Waals surface area contributed by atoms with Crippen LogP contribution in [0.25, 0.3) is 0 Å². The van der Waals surface area contributed by atoms with E-state index in [-0.39, 0.29) is 5.82 Å². The summed E-state index contributed by atoms with van der Waals surface area (Å²) in [6.45, 7) is 10.8. The number of nitrogens with one attached hydrogen (secondary N) is 1. The molecule has 2 fully saturated rings. The number of nitrogens with zero attached hydrogens (tertiary/aromatic N) is 2. The monoisotopic (exact) mass is 321 g/mol. The van der Waals surface area contributed by atoms with Gasteiger partial charge in [-0.05, 0) is 36.6 Å². The first-order valence-corrected chi connectivity index (χ1v) is 8.56. The van der Waals surface area contributed by atoms with Gasteiger partial charge in [0.2, 0.25) is 0 Å². The molecule has 0 aliphatic carbocycles. The Morgan fingerprint density at radius 3 is 2.61 bits per heavy atom. The molecule has 128 valence electrons. The molecule has 0 aromatic heterocycles. The minimum absolute atomic E-state index is 0.193. The largest absolute Gasteiger partial charge is 0.496 e. The van der Waals surface area contributed by atoms with Crippen LogP contribution in [0.1, 0.15) is 18.9 Å². The SMILES string of the molecule is COc1ccc(F)cc1CN1CCN(CC2(C)CCNC2)CC1. The van der Waals surface area contributed by atoms with Crippen molar-refractivity contribution in [2.24, 2.45) is 5.41 Å². The number of methoxy groups -OCH3 is 1. The molecule has 2 aliphatic rings. The Morgan fingerprint density at radius 2 is 1.96 bits per heavy atom. The lowest BCUT2D eigenvalue weighted by molar-refractivity contribution is 0.0928. The van der Waals surface area contributed by atoms with Gasteiger partial charge in [0.1, 0.15) is 11.6 Å². The zero-order valence-corrected chi connectivity index (χ0v) is 14.3. The number of piperazine rings is 1. The third-order valence-electron chi connectivity index (χ3n) is 5.16. The summed E-state index contributed by atoms with van der Waals surface area (Å²) in [6, 6.07) is 4.77. The van der Waals surface area contributed by atoms with Crippen LogP contribution >= 0.6 is 0 Å². The molecule has 0 radical (unpaired) electrons. The molecule has 0 bridgehead atoms. The highest BCUT2D eigenvalue weighted by molar-refractivity contribution is 5.33. The third kappa shape index (κ3) is 4.22. The van der Waals surface area contributed by atoms with Gasteiger partial charge >= 0.3 is 0 Å². The molecule has 2 heterocycles. The molecular formula is C18H28FN3O. The summed E-state index contributed by atoms with van der Waals surface area (Å²) >= 11 is 0. The smallest absolute Gasteiger partial charge is 0.123 e. The minimum Gasteiger partial charge on any atom is -0.496 e. The molecule has 0 saturated carbocycles. The maximum Gasteiger partial charge on any atom is 0.123 e. The number of benzene rings is 1. The van der Waals surface area contributed by atoms with Crippen LogP contribution in [0.3, 0.4) is 0 Å². The van der Waals surface area contributed by atoms with Gasteiger partial charge in [-0.25, -0.2) is 4.39 Å². The predicted octanol–water partition coefficient (Wildman–Crippen LogP) is 1.95. The van der Waals surface area contributed by atoms with E-state index in [2.05, 4.69) is 22.0 Å². The van der Waals surface area contributed by atoms with Gasteiger partial charge in [-0.3, -0.25) is 4.90 Å². The number of hydrogen-bond acceptors (Lipinski definition) is 4. The van der Waals surface area contributed by atoms with E-state index in [9.17, 15) is 4.39 Å². The zero-order valence-electron chi connectivity index (χ0n) is 14.3. The van der Waals surface area contributed by atoms with E-state index in [1.165, 1.54) is 19.0 Å². The third-order valence-corrected chi connectivity index (χ3v) is 5.16. The van der Waals surface area contributed by atoms with Crippen LogP contribution in [-0.4, -0.2) is 62.7 Å². The Bertz CT molecular complexity index is 523. The van der Waals surface area contributed by atoms with E-state index >= 15 is 0 Å². The van der Waals surface area contributed by atoms with E-state index in [1.807, 2.05) is 0 Å². The first kappa shape index (κ1) is 16.7. The number of rotatable bonds is 5. The maximum absolute atomic E-state index is 13.5. The Morgan fingerprint density at radius 1 is 1.22 bits per heavy atom. The molecule has 3 rings (SSSR count). The van der Waals surface area contributed by atoms with Crippen molar-refractivity contribution in [2.75, 3.05) is 52.9 Å². The van der Waals surface area contributed by atoms with E-state index in [4.69, 9.17) is 4.74 Å². The van der Waals surface area contributed by atoms with Crippen molar-refractivity contribution in [3.8, 4) is 5.75 Å². The highest BCUT2D eigenvalue weighted by Crippen LogP contribution is 2.27. The van der Waals surface area contributed by atoms with Crippen molar-refractivity contribution < 1.29 is 9.13 Å². The summed E-state index contributed by atoms with van der Waals surface area (Å²) in [5, 5.41) is 3.48. The van der Waals surface area contributed by atoms with Crippen LogP contribution in [0.2, 0.25) is 0 Å². The quantitative estimate of drug-likeness (QED) is 0.897. The molecule has 0 amide bonds. The second-order valence-corrected chi connectivity index (χ2v) is 7.25. The average Bonchev–Trinajstić information content (AvgIpc) is 2.96. The first-order chi connectivity index (χ1) is 11.1. The molecule has 5 heteroatoms. The molecule has 4 nitrogen and oxygen atoms in total. The molecule has 1 aromatic carbocycles. The fraction of sp³-hybridized carbons (Fsp3) is 0.667. The normalized spacial score (nSPS) is 26.6. The number of halogens is 1. The summed E-state index contributed by atoms with van der Waals surface area (Å²) in [5.41, 5.74) is 1.36. The molecule has 2 aliphatic heterocycles. The van der Waals surface area contributed by atoms with Gasteiger partial charge in [0.15, 0.2) is 0 Å². The fourth-order valence-electron chi connectivity index (χ4n) is 3.76. The van der Waals surface area contributed by atoms with E-state index in [1.54, 1.807) is 19.2 Å². The van der Waals surface area contributed by atoms with Crippen molar-refractivity contribution in [1.82, 2.24) is 15.1 Å². The van der Waals surface area contributed by atoms with Gasteiger partial charge < -0.3 is 15.0 Å². The van der Waals surface area contributed by atoms with Crippen LogP contribution in [0.15, 0.2) is 18.2 Å².